The fraction of sp³-hybridized carbons (Fsp3) is 0.538. The van der Waals surface area contributed by atoms with E-state index in [2.05, 4.69) is 9.71 Å². The summed E-state index contributed by atoms with van der Waals surface area (Å²) in [5, 5.41) is 9.19. The van der Waals surface area contributed by atoms with Crippen LogP contribution in [0.3, 0.4) is 0 Å². The predicted octanol–water partition coefficient (Wildman–Crippen LogP) is -0.0246. The van der Waals surface area contributed by atoms with E-state index in [0.29, 0.717) is 18.1 Å². The van der Waals surface area contributed by atoms with Crippen LogP contribution in [0.5, 0.6) is 0 Å². The number of hydrogen-bond acceptors (Lipinski definition) is 6. The standard InChI is InChI=1S/C13H20ClN5O4S/c1-2-11(13(20)16-21)17-24(22,23)19-7-5-18(6-8-19)12-4-3-10(14)9-15-12/h3-4,9,11,17,21H,2,5-8H2,1H3,(H,16,20)/t11-/m1/s1. The predicted molar refractivity (Wildman–Crippen MR) is 89.1 cm³/mol. The number of halogens is 1. The van der Waals surface area contributed by atoms with E-state index in [4.69, 9.17) is 16.8 Å². The Bertz CT molecular complexity index is 661. The maximum Gasteiger partial charge on any atom is 0.280 e. The van der Waals surface area contributed by atoms with Gasteiger partial charge in [0.25, 0.3) is 16.1 Å². The summed E-state index contributed by atoms with van der Waals surface area (Å²) < 4.78 is 28.3. The number of pyridine rings is 1. The van der Waals surface area contributed by atoms with Gasteiger partial charge in [-0.05, 0) is 18.6 Å². The fourth-order valence-corrected chi connectivity index (χ4v) is 3.91. The van der Waals surface area contributed by atoms with E-state index in [0.717, 1.165) is 5.82 Å². The number of aromatic nitrogens is 1. The molecule has 0 radical (unpaired) electrons. The second-order valence-corrected chi connectivity index (χ2v) is 7.42. The van der Waals surface area contributed by atoms with Crippen molar-refractivity contribution < 1.29 is 18.4 Å². The summed E-state index contributed by atoms with van der Waals surface area (Å²) in [5.74, 6) is -0.0550. The Labute approximate surface area is 145 Å². The molecule has 3 N–H and O–H groups in total. The highest BCUT2D eigenvalue weighted by molar-refractivity contribution is 7.87. The lowest BCUT2D eigenvalue weighted by Crippen LogP contribution is -2.55. The first-order chi connectivity index (χ1) is 11.4. The van der Waals surface area contributed by atoms with Crippen LogP contribution >= 0.6 is 11.6 Å². The quantitative estimate of drug-likeness (QED) is 0.474. The van der Waals surface area contributed by atoms with Gasteiger partial charge in [0.05, 0.1) is 5.02 Å². The molecule has 1 aromatic heterocycles. The molecule has 0 aliphatic carbocycles. The summed E-state index contributed by atoms with van der Waals surface area (Å²) in [6.07, 6.45) is 1.77. The number of piperazine rings is 1. The first kappa shape index (κ1) is 18.9. The average molecular weight is 378 g/mol. The van der Waals surface area contributed by atoms with Crippen LogP contribution in [-0.2, 0) is 15.0 Å². The minimum atomic E-state index is -3.82. The van der Waals surface area contributed by atoms with Crippen molar-refractivity contribution in [2.75, 3.05) is 31.1 Å². The summed E-state index contributed by atoms with van der Waals surface area (Å²) in [6.45, 7) is 3.11. The van der Waals surface area contributed by atoms with Gasteiger partial charge in [-0.3, -0.25) is 10.0 Å². The number of anilines is 1. The lowest BCUT2D eigenvalue weighted by Gasteiger charge is -2.35. The second-order valence-electron chi connectivity index (χ2n) is 5.28. The van der Waals surface area contributed by atoms with Crippen LogP contribution in [0.2, 0.25) is 5.02 Å². The number of amides is 1. The Balaban J connectivity index is 1.97. The normalized spacial score (nSPS) is 17.5. The van der Waals surface area contributed by atoms with E-state index in [1.54, 1.807) is 25.3 Å². The Morgan fingerprint density at radius 1 is 1.38 bits per heavy atom. The summed E-state index contributed by atoms with van der Waals surface area (Å²) in [6, 6.07) is 2.49. The maximum atomic E-state index is 12.4. The molecule has 134 valence electrons. The van der Waals surface area contributed by atoms with E-state index in [1.165, 1.54) is 9.79 Å². The van der Waals surface area contributed by atoms with Gasteiger partial charge in [0, 0.05) is 32.4 Å². The molecule has 1 fully saturated rings. The molecule has 2 rings (SSSR count). The lowest BCUT2D eigenvalue weighted by atomic mass is 10.2. The van der Waals surface area contributed by atoms with Gasteiger partial charge in [0.2, 0.25) is 0 Å². The highest BCUT2D eigenvalue weighted by Gasteiger charge is 2.31. The fourth-order valence-electron chi connectivity index (χ4n) is 2.37. The van der Waals surface area contributed by atoms with Gasteiger partial charge in [0.15, 0.2) is 0 Å². The highest BCUT2D eigenvalue weighted by atomic mass is 35.5. The number of carbonyl (C=O) groups is 1. The SMILES string of the molecule is CC[C@@H](NS(=O)(=O)N1CCN(c2ccc(Cl)cn2)CC1)C(=O)NO. The lowest BCUT2D eigenvalue weighted by molar-refractivity contribution is -0.131. The second kappa shape index (κ2) is 8.08. The molecule has 1 aliphatic rings. The molecule has 1 saturated heterocycles. The van der Waals surface area contributed by atoms with Crippen molar-refractivity contribution >= 4 is 33.5 Å². The summed E-state index contributed by atoms with van der Waals surface area (Å²) in [7, 11) is -3.82. The largest absolute Gasteiger partial charge is 0.354 e. The molecule has 1 atom stereocenters. The topological polar surface area (TPSA) is 115 Å². The third kappa shape index (κ3) is 4.54. The van der Waals surface area contributed by atoms with E-state index in [1.807, 2.05) is 4.90 Å². The molecular formula is C13H20ClN5O4S. The molecule has 0 unspecified atom stereocenters. The minimum Gasteiger partial charge on any atom is -0.354 e. The zero-order chi connectivity index (χ0) is 17.7. The van der Waals surface area contributed by atoms with E-state index >= 15 is 0 Å². The monoisotopic (exact) mass is 377 g/mol. The molecule has 1 amide bonds. The van der Waals surface area contributed by atoms with Crippen molar-refractivity contribution in [3.63, 3.8) is 0 Å². The van der Waals surface area contributed by atoms with Crippen LogP contribution in [0, 0.1) is 0 Å². The smallest absolute Gasteiger partial charge is 0.280 e. The van der Waals surface area contributed by atoms with Crippen LogP contribution in [0.1, 0.15) is 13.3 Å². The van der Waals surface area contributed by atoms with Crippen molar-refractivity contribution in [2.45, 2.75) is 19.4 Å². The van der Waals surface area contributed by atoms with E-state index in [9.17, 15) is 13.2 Å². The molecule has 24 heavy (non-hydrogen) atoms. The molecule has 0 spiro atoms. The molecule has 0 bridgehead atoms. The van der Waals surface area contributed by atoms with Crippen molar-refractivity contribution in [2.24, 2.45) is 0 Å². The van der Waals surface area contributed by atoms with Crippen LogP contribution in [0.4, 0.5) is 5.82 Å². The highest BCUT2D eigenvalue weighted by Crippen LogP contribution is 2.17. The van der Waals surface area contributed by atoms with Crippen molar-refractivity contribution in [1.29, 1.82) is 0 Å². The average Bonchev–Trinajstić information content (AvgIpc) is 2.60. The Morgan fingerprint density at radius 2 is 2.04 bits per heavy atom. The molecule has 0 saturated carbocycles. The maximum absolute atomic E-state index is 12.4. The first-order valence-electron chi connectivity index (χ1n) is 7.45. The van der Waals surface area contributed by atoms with Crippen molar-refractivity contribution in [3.05, 3.63) is 23.4 Å². The zero-order valence-corrected chi connectivity index (χ0v) is 14.7. The van der Waals surface area contributed by atoms with Gasteiger partial charge < -0.3 is 4.90 Å². The van der Waals surface area contributed by atoms with Crippen LogP contribution in [0.25, 0.3) is 0 Å². The summed E-state index contributed by atoms with van der Waals surface area (Å²) >= 11 is 5.81. The van der Waals surface area contributed by atoms with Crippen molar-refractivity contribution in [1.82, 2.24) is 19.5 Å². The van der Waals surface area contributed by atoms with E-state index < -0.39 is 22.2 Å². The van der Waals surface area contributed by atoms with Gasteiger partial charge in [-0.25, -0.2) is 10.5 Å². The summed E-state index contributed by atoms with van der Waals surface area (Å²) in [5.41, 5.74) is 1.46. The number of hydroxylamine groups is 1. The van der Waals surface area contributed by atoms with E-state index in [-0.39, 0.29) is 19.5 Å². The number of nitrogens with zero attached hydrogens (tertiary/aromatic N) is 3. The Kier molecular flexibility index (Phi) is 6.35. The molecule has 2 heterocycles. The molecule has 1 aromatic rings. The first-order valence-corrected chi connectivity index (χ1v) is 9.27. The zero-order valence-electron chi connectivity index (χ0n) is 13.1. The third-order valence-electron chi connectivity index (χ3n) is 3.74. The number of nitrogens with one attached hydrogen (secondary N) is 2. The van der Waals surface area contributed by atoms with Gasteiger partial charge >= 0.3 is 0 Å². The van der Waals surface area contributed by atoms with Gasteiger partial charge in [-0.15, -0.1) is 0 Å². The Hall–Kier alpha value is -1.46. The molecule has 11 heteroatoms. The number of hydrogen-bond donors (Lipinski definition) is 3. The molecule has 9 nitrogen and oxygen atoms in total. The van der Waals surface area contributed by atoms with Crippen LogP contribution < -0.4 is 15.1 Å². The van der Waals surface area contributed by atoms with Gasteiger partial charge in [-0.1, -0.05) is 18.5 Å². The van der Waals surface area contributed by atoms with Crippen LogP contribution in [-0.4, -0.2) is 61.0 Å². The van der Waals surface area contributed by atoms with Gasteiger partial charge in [0.1, 0.15) is 11.9 Å². The Morgan fingerprint density at radius 3 is 2.54 bits per heavy atom. The van der Waals surface area contributed by atoms with Crippen molar-refractivity contribution in [3.8, 4) is 0 Å². The molecular weight excluding hydrogens is 358 g/mol. The van der Waals surface area contributed by atoms with Crippen LogP contribution in [0.15, 0.2) is 18.3 Å². The molecule has 1 aliphatic heterocycles. The third-order valence-corrected chi connectivity index (χ3v) is 5.59. The minimum absolute atomic E-state index is 0.223. The molecule has 0 aromatic carbocycles. The summed E-state index contributed by atoms with van der Waals surface area (Å²) in [4.78, 5) is 17.6. The van der Waals surface area contributed by atoms with Gasteiger partial charge in [-0.2, -0.15) is 17.4 Å². The number of rotatable bonds is 6. The number of carbonyl (C=O) groups excluding carboxylic acids is 1.